The normalized spacial score (nSPS) is 17.4. The number of carbonyl (C=O) groups is 1. The van der Waals surface area contributed by atoms with E-state index in [2.05, 4.69) is 25.8 Å². The summed E-state index contributed by atoms with van der Waals surface area (Å²) >= 11 is 6.20. The number of urea groups is 1. The average Bonchev–Trinajstić information content (AvgIpc) is 3.22. The highest BCUT2D eigenvalue weighted by atomic mass is 35.5. The van der Waals surface area contributed by atoms with Gasteiger partial charge in [0.25, 0.3) is 0 Å². The number of carbonyl (C=O) groups excluding carboxylic acids is 1. The first-order chi connectivity index (χ1) is 18.0. The quantitative estimate of drug-likeness (QED) is 0.400. The molecule has 3 N–H and O–H groups in total. The van der Waals surface area contributed by atoms with Crippen molar-refractivity contribution in [1.82, 2.24) is 14.5 Å². The lowest BCUT2D eigenvalue weighted by molar-refractivity contribution is 0.202. The van der Waals surface area contributed by atoms with E-state index in [1.165, 1.54) is 0 Å². The number of rotatable bonds is 4. The summed E-state index contributed by atoms with van der Waals surface area (Å²) in [5, 5.41) is 16.0. The SMILES string of the molecule is N#Cc1c2c(n(-c3ccc(Cl)cc3)c1N1CCC[C@H](N)C1)CN(Cc1nccc3ccccc13)C(=O)N2. The number of benzene rings is 2. The minimum Gasteiger partial charge on any atom is -0.355 e. The van der Waals surface area contributed by atoms with Crippen LogP contribution in [-0.4, -0.2) is 39.6 Å². The van der Waals surface area contributed by atoms with Crippen LogP contribution in [0, 0.1) is 11.3 Å². The van der Waals surface area contributed by atoms with Crippen molar-refractivity contribution in [2.45, 2.75) is 32.0 Å². The molecule has 2 aromatic heterocycles. The van der Waals surface area contributed by atoms with Gasteiger partial charge in [-0.1, -0.05) is 35.9 Å². The lowest BCUT2D eigenvalue weighted by atomic mass is 10.1. The van der Waals surface area contributed by atoms with E-state index in [0.717, 1.165) is 53.1 Å². The number of piperidine rings is 1. The molecule has 0 radical (unpaired) electrons. The first kappa shape index (κ1) is 23.3. The molecule has 0 bridgehead atoms. The zero-order valence-corrected chi connectivity index (χ0v) is 20.9. The molecule has 0 saturated carbocycles. The van der Waals surface area contributed by atoms with E-state index in [4.69, 9.17) is 17.3 Å². The number of nitrogens with one attached hydrogen (secondary N) is 1. The second-order valence-electron chi connectivity index (χ2n) is 9.56. The zero-order chi connectivity index (χ0) is 25.5. The number of halogens is 1. The molecular weight excluding hydrogens is 486 g/mol. The fourth-order valence-electron chi connectivity index (χ4n) is 5.42. The Balaban J connectivity index is 1.47. The van der Waals surface area contributed by atoms with Crippen LogP contribution in [-0.2, 0) is 13.1 Å². The summed E-state index contributed by atoms with van der Waals surface area (Å²) in [6.45, 7) is 2.09. The summed E-state index contributed by atoms with van der Waals surface area (Å²) in [4.78, 5) is 21.8. The summed E-state index contributed by atoms with van der Waals surface area (Å²) in [5.41, 5.74) is 9.87. The maximum absolute atomic E-state index is 13.3. The second kappa shape index (κ2) is 9.43. The third kappa shape index (κ3) is 4.16. The molecule has 1 fully saturated rings. The molecule has 0 unspecified atom stereocenters. The van der Waals surface area contributed by atoms with Crippen molar-refractivity contribution in [2.24, 2.45) is 5.73 Å². The highest BCUT2D eigenvalue weighted by Crippen LogP contribution is 2.41. The van der Waals surface area contributed by atoms with E-state index in [1.54, 1.807) is 11.1 Å². The molecule has 9 heteroatoms. The van der Waals surface area contributed by atoms with E-state index in [1.807, 2.05) is 54.6 Å². The predicted octanol–water partition coefficient (Wildman–Crippen LogP) is 5.03. The zero-order valence-electron chi connectivity index (χ0n) is 20.2. The van der Waals surface area contributed by atoms with Crippen molar-refractivity contribution in [1.29, 1.82) is 5.26 Å². The van der Waals surface area contributed by atoms with Gasteiger partial charge in [0.05, 0.1) is 30.2 Å². The number of pyridine rings is 1. The third-order valence-electron chi connectivity index (χ3n) is 7.15. The van der Waals surface area contributed by atoms with Gasteiger partial charge in [0.15, 0.2) is 0 Å². The minimum atomic E-state index is -0.256. The molecule has 6 rings (SSSR count). The number of hydrogen-bond acceptors (Lipinski definition) is 5. The summed E-state index contributed by atoms with van der Waals surface area (Å²) in [6.07, 6.45) is 3.66. The molecule has 8 nitrogen and oxygen atoms in total. The highest BCUT2D eigenvalue weighted by Gasteiger charge is 2.35. The molecule has 4 aromatic rings. The smallest absolute Gasteiger partial charge is 0.322 e. The Morgan fingerprint density at radius 3 is 2.76 bits per heavy atom. The van der Waals surface area contributed by atoms with Gasteiger partial charge in [0.1, 0.15) is 17.5 Å². The number of nitriles is 1. The minimum absolute atomic E-state index is 0.0226. The van der Waals surface area contributed by atoms with Gasteiger partial charge in [0.2, 0.25) is 0 Å². The Kier molecular flexibility index (Phi) is 5.95. The maximum atomic E-state index is 13.3. The molecule has 1 atom stereocenters. The van der Waals surface area contributed by atoms with Crippen molar-refractivity contribution in [3.63, 3.8) is 0 Å². The summed E-state index contributed by atoms with van der Waals surface area (Å²) < 4.78 is 2.07. The topological polar surface area (TPSA) is 103 Å². The molecule has 0 aliphatic carbocycles. The standard InChI is InChI=1S/C28H26ClN7O/c29-19-7-9-21(10-8-19)36-25-17-35(16-24-22-6-2-1-4-18(22)11-12-32-24)28(37)33-26(25)23(14-30)27(36)34-13-3-5-20(31)15-34/h1-2,4,6-12,20H,3,5,13,15-17,31H2,(H,33,37)/t20-/m0/s1. The lowest BCUT2D eigenvalue weighted by Crippen LogP contribution is -2.44. The molecule has 4 heterocycles. The molecule has 0 spiro atoms. The number of anilines is 2. The summed E-state index contributed by atoms with van der Waals surface area (Å²) in [5.74, 6) is 0.760. The number of hydrogen-bond donors (Lipinski definition) is 2. The number of nitrogens with zero attached hydrogens (tertiary/aromatic N) is 5. The Bertz CT molecular complexity index is 1530. The van der Waals surface area contributed by atoms with Crippen LogP contribution in [0.5, 0.6) is 0 Å². The van der Waals surface area contributed by atoms with E-state index in [-0.39, 0.29) is 12.1 Å². The largest absolute Gasteiger partial charge is 0.355 e. The van der Waals surface area contributed by atoms with Gasteiger partial charge in [-0.15, -0.1) is 0 Å². The Labute approximate surface area is 219 Å². The van der Waals surface area contributed by atoms with Crippen molar-refractivity contribution in [3.05, 3.63) is 82.8 Å². The molecule has 186 valence electrons. The monoisotopic (exact) mass is 511 g/mol. The Hall–Kier alpha value is -4.06. The van der Waals surface area contributed by atoms with Crippen LogP contribution >= 0.6 is 11.6 Å². The predicted molar refractivity (Wildman–Crippen MR) is 145 cm³/mol. The Morgan fingerprint density at radius 2 is 1.97 bits per heavy atom. The summed E-state index contributed by atoms with van der Waals surface area (Å²) in [6, 6.07) is 19.7. The second-order valence-corrected chi connectivity index (χ2v) is 9.99. The number of amides is 2. The van der Waals surface area contributed by atoms with Crippen LogP contribution in [0.1, 0.15) is 29.8 Å². The first-order valence-electron chi connectivity index (χ1n) is 12.4. The fourth-order valence-corrected chi connectivity index (χ4v) is 5.55. The molecule has 2 aliphatic rings. The fraction of sp³-hybridized carbons (Fsp3) is 0.250. The van der Waals surface area contributed by atoms with Crippen LogP contribution in [0.2, 0.25) is 5.02 Å². The molecule has 37 heavy (non-hydrogen) atoms. The van der Waals surface area contributed by atoms with Gasteiger partial charge in [0, 0.05) is 41.4 Å². The highest BCUT2D eigenvalue weighted by molar-refractivity contribution is 6.30. The number of nitrogens with two attached hydrogens (primary N) is 1. The van der Waals surface area contributed by atoms with E-state index in [9.17, 15) is 10.1 Å². The van der Waals surface area contributed by atoms with Crippen LogP contribution in [0.4, 0.5) is 16.3 Å². The van der Waals surface area contributed by atoms with Gasteiger partial charge in [-0.05, 0) is 48.6 Å². The van der Waals surface area contributed by atoms with Crippen molar-refractivity contribution in [3.8, 4) is 11.8 Å². The summed E-state index contributed by atoms with van der Waals surface area (Å²) in [7, 11) is 0. The molecule has 2 aliphatic heterocycles. The first-order valence-corrected chi connectivity index (χ1v) is 12.7. The van der Waals surface area contributed by atoms with Gasteiger partial charge >= 0.3 is 6.03 Å². The van der Waals surface area contributed by atoms with Gasteiger partial charge < -0.3 is 20.9 Å². The van der Waals surface area contributed by atoms with Crippen LogP contribution in [0.3, 0.4) is 0 Å². The van der Waals surface area contributed by atoms with Crippen LogP contribution < -0.4 is 16.0 Å². The van der Waals surface area contributed by atoms with Crippen molar-refractivity contribution in [2.75, 3.05) is 23.3 Å². The van der Waals surface area contributed by atoms with Crippen molar-refractivity contribution < 1.29 is 4.79 Å². The van der Waals surface area contributed by atoms with Crippen molar-refractivity contribution >= 4 is 39.9 Å². The van der Waals surface area contributed by atoms with Crippen LogP contribution in [0.15, 0.2) is 60.8 Å². The van der Waals surface area contributed by atoms with E-state index >= 15 is 0 Å². The molecular formula is C28H26ClN7O. The van der Waals surface area contributed by atoms with Gasteiger partial charge in [-0.3, -0.25) is 9.55 Å². The van der Waals surface area contributed by atoms with E-state index in [0.29, 0.717) is 35.9 Å². The molecule has 2 aromatic carbocycles. The van der Waals surface area contributed by atoms with Crippen LogP contribution in [0.25, 0.3) is 16.5 Å². The third-order valence-corrected chi connectivity index (χ3v) is 7.41. The molecule has 1 saturated heterocycles. The van der Waals surface area contributed by atoms with Gasteiger partial charge in [-0.25, -0.2) is 4.79 Å². The maximum Gasteiger partial charge on any atom is 0.322 e. The van der Waals surface area contributed by atoms with Gasteiger partial charge in [-0.2, -0.15) is 5.26 Å². The van der Waals surface area contributed by atoms with E-state index < -0.39 is 0 Å². The Morgan fingerprint density at radius 1 is 1.16 bits per heavy atom. The lowest BCUT2D eigenvalue weighted by Gasteiger charge is -2.34. The molecule has 2 amide bonds. The average molecular weight is 512 g/mol. The number of fused-ring (bicyclic) bond motifs is 2. The number of aromatic nitrogens is 2.